The number of fused-ring (bicyclic) bond motifs is 1. The van der Waals surface area contributed by atoms with Crippen LogP contribution in [-0.4, -0.2) is 31.8 Å². The molecule has 2 amide bonds. The second-order valence-electron chi connectivity index (χ2n) is 5.78. The Bertz CT molecular complexity index is 1140. The third-order valence-electron chi connectivity index (χ3n) is 3.79. The van der Waals surface area contributed by atoms with E-state index in [2.05, 4.69) is 30.6 Å². The van der Waals surface area contributed by atoms with Crippen LogP contribution in [-0.2, 0) is 11.2 Å². The number of para-hydroxylation sites is 1. The maximum absolute atomic E-state index is 12.4. The van der Waals surface area contributed by atoms with E-state index in [4.69, 9.17) is 0 Å². The number of amides is 2. The summed E-state index contributed by atoms with van der Waals surface area (Å²) in [6.45, 7) is 0. The van der Waals surface area contributed by atoms with Crippen molar-refractivity contribution >= 4 is 44.9 Å². The molecule has 0 spiro atoms. The third-order valence-corrected chi connectivity index (χ3v) is 4.60. The first-order valence-corrected chi connectivity index (χ1v) is 9.23. The number of thiazole rings is 1. The minimum atomic E-state index is -0.451. The van der Waals surface area contributed by atoms with Gasteiger partial charge in [0.25, 0.3) is 5.91 Å². The number of nitrogens with one attached hydrogen (secondary N) is 2. The lowest BCUT2D eigenvalue weighted by Gasteiger charge is -2.07. The topological polar surface area (TPSA) is 110 Å². The fourth-order valence-electron chi connectivity index (χ4n) is 2.58. The first kappa shape index (κ1) is 17.7. The molecule has 8 nitrogen and oxygen atoms in total. The van der Waals surface area contributed by atoms with Crippen molar-refractivity contribution in [3.8, 4) is 0 Å². The standard InChI is InChI=1S/C19H14N6O2S/c26-15(24-14-6-1-4-12-5-2-7-20-16(12)14)10-13-11-28-19(23-13)25-18(27)17-21-8-3-9-22-17/h1-9,11H,10H2,(H,24,26)(H,23,25,27). The number of carbonyl (C=O) groups excluding carboxylic acids is 2. The number of nitrogens with zero attached hydrogens (tertiary/aromatic N) is 4. The summed E-state index contributed by atoms with van der Waals surface area (Å²) in [5, 5.41) is 8.55. The fourth-order valence-corrected chi connectivity index (χ4v) is 3.28. The minimum Gasteiger partial charge on any atom is -0.324 e. The first-order valence-electron chi connectivity index (χ1n) is 8.35. The zero-order valence-corrected chi connectivity index (χ0v) is 15.3. The Kier molecular flexibility index (Phi) is 4.98. The average Bonchev–Trinajstić information content (AvgIpc) is 3.15. The minimum absolute atomic E-state index is 0.0560. The molecule has 0 aliphatic heterocycles. The van der Waals surface area contributed by atoms with Gasteiger partial charge in [-0.05, 0) is 18.2 Å². The van der Waals surface area contributed by atoms with Crippen molar-refractivity contribution < 1.29 is 9.59 Å². The van der Waals surface area contributed by atoms with Crippen LogP contribution in [0.1, 0.15) is 16.3 Å². The molecule has 0 atom stereocenters. The van der Waals surface area contributed by atoms with Crippen molar-refractivity contribution in [2.75, 3.05) is 10.6 Å². The summed E-state index contributed by atoms with van der Waals surface area (Å²) in [7, 11) is 0. The Morgan fingerprint density at radius 1 is 0.929 bits per heavy atom. The van der Waals surface area contributed by atoms with Gasteiger partial charge in [0.15, 0.2) is 5.13 Å². The van der Waals surface area contributed by atoms with E-state index in [1.165, 1.54) is 23.7 Å². The van der Waals surface area contributed by atoms with E-state index >= 15 is 0 Å². The summed E-state index contributed by atoms with van der Waals surface area (Å²) in [6.07, 6.45) is 4.74. The van der Waals surface area contributed by atoms with Gasteiger partial charge in [-0.15, -0.1) is 11.3 Å². The Morgan fingerprint density at radius 2 is 1.71 bits per heavy atom. The molecule has 2 N–H and O–H groups in total. The second-order valence-corrected chi connectivity index (χ2v) is 6.63. The Morgan fingerprint density at radius 3 is 2.57 bits per heavy atom. The van der Waals surface area contributed by atoms with Crippen LogP contribution in [0.2, 0.25) is 0 Å². The van der Waals surface area contributed by atoms with Gasteiger partial charge in [-0.2, -0.15) is 0 Å². The molecule has 9 heteroatoms. The van der Waals surface area contributed by atoms with Crippen LogP contribution < -0.4 is 10.6 Å². The van der Waals surface area contributed by atoms with Crippen molar-refractivity contribution in [2.24, 2.45) is 0 Å². The van der Waals surface area contributed by atoms with Gasteiger partial charge in [0, 0.05) is 29.4 Å². The molecular weight excluding hydrogens is 376 g/mol. The number of carbonyl (C=O) groups is 2. The molecule has 1 aromatic carbocycles. The maximum atomic E-state index is 12.4. The first-order chi connectivity index (χ1) is 13.7. The SMILES string of the molecule is O=C(Cc1csc(NC(=O)c2ncccn2)n1)Nc1cccc2cccnc12. The molecule has 4 aromatic rings. The molecule has 138 valence electrons. The van der Waals surface area contributed by atoms with Gasteiger partial charge in [0.05, 0.1) is 23.3 Å². The van der Waals surface area contributed by atoms with Crippen LogP contribution in [0.5, 0.6) is 0 Å². The molecule has 0 saturated carbocycles. The van der Waals surface area contributed by atoms with E-state index in [0.29, 0.717) is 16.5 Å². The van der Waals surface area contributed by atoms with Gasteiger partial charge in [0.1, 0.15) is 0 Å². The van der Waals surface area contributed by atoms with Crippen LogP contribution in [0.15, 0.2) is 60.4 Å². The van der Waals surface area contributed by atoms with Crippen LogP contribution in [0.25, 0.3) is 10.9 Å². The Hall–Kier alpha value is -3.72. The lowest BCUT2D eigenvalue weighted by atomic mass is 10.2. The van der Waals surface area contributed by atoms with E-state index in [0.717, 1.165) is 10.9 Å². The van der Waals surface area contributed by atoms with Gasteiger partial charge in [-0.3, -0.25) is 19.9 Å². The maximum Gasteiger partial charge on any atom is 0.295 e. The highest BCUT2D eigenvalue weighted by Gasteiger charge is 2.13. The largest absolute Gasteiger partial charge is 0.324 e. The molecular formula is C19H14N6O2S. The summed E-state index contributed by atoms with van der Waals surface area (Å²) in [4.78, 5) is 40.8. The van der Waals surface area contributed by atoms with E-state index in [1.807, 2.05) is 24.3 Å². The normalized spacial score (nSPS) is 10.6. The van der Waals surface area contributed by atoms with Crippen molar-refractivity contribution in [2.45, 2.75) is 6.42 Å². The highest BCUT2D eigenvalue weighted by atomic mass is 32.1. The summed E-state index contributed by atoms with van der Waals surface area (Å²) in [6, 6.07) is 11.0. The number of benzene rings is 1. The van der Waals surface area contributed by atoms with Gasteiger partial charge in [-0.1, -0.05) is 18.2 Å². The molecule has 0 radical (unpaired) electrons. The van der Waals surface area contributed by atoms with Crippen molar-refractivity contribution in [1.82, 2.24) is 19.9 Å². The van der Waals surface area contributed by atoms with E-state index in [-0.39, 0.29) is 18.2 Å². The van der Waals surface area contributed by atoms with Crippen molar-refractivity contribution in [3.63, 3.8) is 0 Å². The molecule has 3 aromatic heterocycles. The Balaban J connectivity index is 1.41. The van der Waals surface area contributed by atoms with E-state index < -0.39 is 5.91 Å². The van der Waals surface area contributed by atoms with Gasteiger partial charge in [-0.25, -0.2) is 15.0 Å². The number of hydrogen-bond acceptors (Lipinski definition) is 7. The van der Waals surface area contributed by atoms with Gasteiger partial charge in [0.2, 0.25) is 11.7 Å². The summed E-state index contributed by atoms with van der Waals surface area (Å²) >= 11 is 1.23. The van der Waals surface area contributed by atoms with Crippen molar-refractivity contribution in [1.29, 1.82) is 0 Å². The predicted octanol–water partition coefficient (Wildman–Crippen LogP) is 2.91. The lowest BCUT2D eigenvalue weighted by molar-refractivity contribution is -0.115. The van der Waals surface area contributed by atoms with E-state index in [9.17, 15) is 9.59 Å². The highest BCUT2D eigenvalue weighted by molar-refractivity contribution is 7.14. The predicted molar refractivity (Wildman–Crippen MR) is 106 cm³/mol. The average molecular weight is 390 g/mol. The molecule has 0 unspecified atom stereocenters. The van der Waals surface area contributed by atoms with Crippen LogP contribution in [0.4, 0.5) is 10.8 Å². The van der Waals surface area contributed by atoms with Crippen LogP contribution in [0, 0.1) is 0 Å². The smallest absolute Gasteiger partial charge is 0.295 e. The number of pyridine rings is 1. The number of hydrogen-bond donors (Lipinski definition) is 2. The molecule has 0 bridgehead atoms. The van der Waals surface area contributed by atoms with Crippen LogP contribution in [0.3, 0.4) is 0 Å². The molecule has 28 heavy (non-hydrogen) atoms. The second kappa shape index (κ2) is 7.89. The fraction of sp³-hybridized carbons (Fsp3) is 0.0526. The summed E-state index contributed by atoms with van der Waals surface area (Å²) in [5.74, 6) is -0.610. The Labute approximate surface area is 163 Å². The van der Waals surface area contributed by atoms with E-state index in [1.54, 1.807) is 23.7 Å². The summed E-state index contributed by atoms with van der Waals surface area (Å²) in [5.41, 5.74) is 1.93. The molecule has 0 aliphatic rings. The number of aromatic nitrogens is 4. The summed E-state index contributed by atoms with van der Waals surface area (Å²) < 4.78 is 0. The molecule has 0 fully saturated rings. The van der Waals surface area contributed by atoms with Crippen LogP contribution >= 0.6 is 11.3 Å². The number of anilines is 2. The van der Waals surface area contributed by atoms with Crippen molar-refractivity contribution in [3.05, 3.63) is 71.9 Å². The molecule has 3 heterocycles. The van der Waals surface area contributed by atoms with Gasteiger partial charge < -0.3 is 5.32 Å². The van der Waals surface area contributed by atoms with Gasteiger partial charge >= 0.3 is 0 Å². The lowest BCUT2D eigenvalue weighted by Crippen LogP contribution is -2.16. The number of rotatable bonds is 5. The molecule has 4 rings (SSSR count). The molecule has 0 aliphatic carbocycles. The monoisotopic (exact) mass is 390 g/mol. The zero-order valence-electron chi connectivity index (χ0n) is 14.5. The highest BCUT2D eigenvalue weighted by Crippen LogP contribution is 2.21. The molecule has 0 saturated heterocycles. The third kappa shape index (κ3) is 3.99. The zero-order chi connectivity index (χ0) is 19.3. The quantitative estimate of drug-likeness (QED) is 0.542.